The Morgan fingerprint density at radius 1 is 1.35 bits per heavy atom. The molecule has 0 aliphatic carbocycles. The number of benzene rings is 1. The highest BCUT2D eigenvalue weighted by atomic mass is 35.5. The summed E-state index contributed by atoms with van der Waals surface area (Å²) >= 11 is 5.89. The molecule has 0 amide bonds. The molecule has 7 heteroatoms. The van der Waals surface area contributed by atoms with Crippen LogP contribution in [0.1, 0.15) is 17.3 Å². The van der Waals surface area contributed by atoms with E-state index >= 15 is 0 Å². The summed E-state index contributed by atoms with van der Waals surface area (Å²) in [5.74, 6) is 0.392. The summed E-state index contributed by atoms with van der Waals surface area (Å²) < 4.78 is 5.40. The molecule has 0 aliphatic heterocycles. The lowest BCUT2D eigenvalue weighted by atomic mass is 10.2. The molecule has 0 atom stereocenters. The molecule has 20 heavy (non-hydrogen) atoms. The maximum absolute atomic E-state index is 11.1. The number of nitro groups is 1. The zero-order chi connectivity index (χ0) is 14.7. The van der Waals surface area contributed by atoms with E-state index in [1.54, 1.807) is 6.07 Å². The molecule has 2 aromatic rings. The van der Waals surface area contributed by atoms with Crippen molar-refractivity contribution in [3.63, 3.8) is 0 Å². The summed E-state index contributed by atoms with van der Waals surface area (Å²) in [5.41, 5.74) is 0.342. The highest BCUT2D eigenvalue weighted by Gasteiger charge is 2.11. The molecular weight excluding hydrogens is 284 g/mol. The number of hydrogen-bond acceptors (Lipinski definition) is 5. The minimum atomic E-state index is -0.546. The number of carbonyl (C=O) groups is 1. The molecule has 0 aliphatic rings. The van der Waals surface area contributed by atoms with Crippen LogP contribution in [0, 0.1) is 10.1 Å². The number of Topliss-reactive ketones (excluding diaryl/α,β-unsaturated/α-hetero) is 1. The number of carbonyl (C=O) groups excluding carboxylic acids is 1. The predicted molar refractivity (Wildman–Crippen MR) is 72.4 cm³/mol. The van der Waals surface area contributed by atoms with Crippen LogP contribution in [0.5, 0.6) is 11.6 Å². The normalized spacial score (nSPS) is 10.1. The van der Waals surface area contributed by atoms with Gasteiger partial charge in [-0.3, -0.25) is 14.9 Å². The van der Waals surface area contributed by atoms with Crippen molar-refractivity contribution in [2.75, 3.05) is 0 Å². The maximum Gasteiger partial charge on any atom is 0.271 e. The molecule has 0 unspecified atom stereocenters. The molecule has 1 aromatic carbocycles. The molecule has 0 fully saturated rings. The molecule has 0 spiro atoms. The monoisotopic (exact) mass is 292 g/mol. The molecule has 0 bridgehead atoms. The fourth-order valence-corrected chi connectivity index (χ4v) is 1.66. The van der Waals surface area contributed by atoms with Crippen LogP contribution in [0.25, 0.3) is 0 Å². The fraction of sp³-hybridized carbons (Fsp3) is 0.0769. The van der Waals surface area contributed by atoms with Gasteiger partial charge in [0.25, 0.3) is 5.69 Å². The lowest BCUT2D eigenvalue weighted by molar-refractivity contribution is -0.384. The first-order valence-corrected chi connectivity index (χ1v) is 5.94. The van der Waals surface area contributed by atoms with Gasteiger partial charge in [0.1, 0.15) is 5.75 Å². The number of pyridine rings is 1. The van der Waals surface area contributed by atoms with Gasteiger partial charge in [0, 0.05) is 30.0 Å². The third-order valence-corrected chi connectivity index (χ3v) is 2.78. The highest BCUT2D eigenvalue weighted by molar-refractivity contribution is 6.32. The average Bonchev–Trinajstić information content (AvgIpc) is 2.41. The Bertz CT molecular complexity index is 671. The lowest BCUT2D eigenvalue weighted by Gasteiger charge is -2.06. The van der Waals surface area contributed by atoms with Crippen LogP contribution < -0.4 is 4.74 Å². The SMILES string of the molecule is CC(=O)c1ccc(Oc2ccc([N+](=O)[O-])cc2Cl)nc1. The van der Waals surface area contributed by atoms with E-state index in [-0.39, 0.29) is 28.1 Å². The molecule has 0 saturated heterocycles. The van der Waals surface area contributed by atoms with E-state index in [1.165, 1.54) is 37.4 Å². The number of nitro benzene ring substituents is 1. The summed E-state index contributed by atoms with van der Waals surface area (Å²) in [7, 11) is 0. The summed E-state index contributed by atoms with van der Waals surface area (Å²) in [6.45, 7) is 1.44. The van der Waals surface area contributed by atoms with E-state index in [0.717, 1.165) is 0 Å². The van der Waals surface area contributed by atoms with E-state index in [0.29, 0.717) is 5.56 Å². The number of rotatable bonds is 4. The van der Waals surface area contributed by atoms with Crippen LogP contribution in [-0.4, -0.2) is 15.7 Å². The van der Waals surface area contributed by atoms with Gasteiger partial charge in [0.05, 0.1) is 9.95 Å². The lowest BCUT2D eigenvalue weighted by Crippen LogP contribution is -1.95. The minimum Gasteiger partial charge on any atom is -0.437 e. The van der Waals surface area contributed by atoms with Crippen LogP contribution in [0.4, 0.5) is 5.69 Å². The Morgan fingerprint density at radius 3 is 2.60 bits per heavy atom. The Kier molecular flexibility index (Phi) is 3.95. The van der Waals surface area contributed by atoms with E-state index in [2.05, 4.69) is 4.98 Å². The molecule has 0 saturated carbocycles. The zero-order valence-electron chi connectivity index (χ0n) is 10.4. The first-order valence-electron chi connectivity index (χ1n) is 5.56. The first-order chi connectivity index (χ1) is 9.47. The van der Waals surface area contributed by atoms with Gasteiger partial charge in [-0.05, 0) is 19.1 Å². The second kappa shape index (κ2) is 5.66. The Labute approximate surface area is 119 Å². The van der Waals surface area contributed by atoms with Crippen LogP contribution in [-0.2, 0) is 0 Å². The number of nitrogens with zero attached hydrogens (tertiary/aromatic N) is 2. The maximum atomic E-state index is 11.1. The summed E-state index contributed by atoms with van der Waals surface area (Å²) in [4.78, 5) is 25.1. The van der Waals surface area contributed by atoms with Crippen molar-refractivity contribution in [1.82, 2.24) is 4.98 Å². The van der Waals surface area contributed by atoms with Crippen molar-refractivity contribution in [3.05, 3.63) is 57.2 Å². The standard InChI is InChI=1S/C13H9ClN2O4/c1-8(17)9-2-5-13(15-7-9)20-12-4-3-10(16(18)19)6-11(12)14/h2-7H,1H3. The Balaban J connectivity index is 2.21. The van der Waals surface area contributed by atoms with Gasteiger partial charge in [0.2, 0.25) is 5.88 Å². The van der Waals surface area contributed by atoms with E-state index in [9.17, 15) is 14.9 Å². The predicted octanol–water partition coefficient (Wildman–Crippen LogP) is 3.64. The van der Waals surface area contributed by atoms with Crippen LogP contribution in [0.15, 0.2) is 36.5 Å². The van der Waals surface area contributed by atoms with Gasteiger partial charge in [-0.2, -0.15) is 0 Å². The van der Waals surface area contributed by atoms with Gasteiger partial charge >= 0.3 is 0 Å². The zero-order valence-corrected chi connectivity index (χ0v) is 11.1. The number of ketones is 1. The summed E-state index contributed by atoms with van der Waals surface area (Å²) in [6.07, 6.45) is 1.39. The number of halogens is 1. The Hall–Kier alpha value is -2.47. The molecule has 6 nitrogen and oxygen atoms in total. The topological polar surface area (TPSA) is 82.3 Å². The fourth-order valence-electron chi connectivity index (χ4n) is 1.45. The van der Waals surface area contributed by atoms with Crippen LogP contribution in [0.2, 0.25) is 5.02 Å². The number of non-ortho nitro benzene ring substituents is 1. The van der Waals surface area contributed by atoms with Gasteiger partial charge in [-0.25, -0.2) is 4.98 Å². The quantitative estimate of drug-likeness (QED) is 0.488. The number of aromatic nitrogens is 1. The van der Waals surface area contributed by atoms with Gasteiger partial charge in [-0.15, -0.1) is 0 Å². The molecule has 1 heterocycles. The van der Waals surface area contributed by atoms with Crippen LogP contribution >= 0.6 is 11.6 Å². The molecule has 2 rings (SSSR count). The van der Waals surface area contributed by atoms with Crippen molar-refractivity contribution >= 4 is 23.1 Å². The smallest absolute Gasteiger partial charge is 0.271 e. The van der Waals surface area contributed by atoms with Crippen molar-refractivity contribution < 1.29 is 14.5 Å². The van der Waals surface area contributed by atoms with Crippen molar-refractivity contribution in [2.45, 2.75) is 6.92 Å². The molecule has 1 aromatic heterocycles. The largest absolute Gasteiger partial charge is 0.437 e. The first kappa shape index (κ1) is 14.0. The van der Waals surface area contributed by atoms with Gasteiger partial charge in [0.15, 0.2) is 5.78 Å². The second-order valence-corrected chi connectivity index (χ2v) is 4.32. The van der Waals surface area contributed by atoms with Crippen molar-refractivity contribution in [1.29, 1.82) is 0 Å². The van der Waals surface area contributed by atoms with Crippen molar-refractivity contribution in [3.8, 4) is 11.6 Å². The molecule has 0 radical (unpaired) electrons. The van der Waals surface area contributed by atoms with E-state index in [4.69, 9.17) is 16.3 Å². The number of ether oxygens (including phenoxy) is 1. The number of hydrogen-bond donors (Lipinski definition) is 0. The molecular formula is C13H9ClN2O4. The minimum absolute atomic E-state index is 0.0996. The molecule has 102 valence electrons. The highest BCUT2D eigenvalue weighted by Crippen LogP contribution is 2.31. The Morgan fingerprint density at radius 2 is 2.10 bits per heavy atom. The van der Waals surface area contributed by atoms with Crippen LogP contribution in [0.3, 0.4) is 0 Å². The van der Waals surface area contributed by atoms with E-state index in [1.807, 2.05) is 0 Å². The third kappa shape index (κ3) is 3.10. The van der Waals surface area contributed by atoms with Crippen molar-refractivity contribution in [2.24, 2.45) is 0 Å². The van der Waals surface area contributed by atoms with Gasteiger partial charge in [-0.1, -0.05) is 11.6 Å². The van der Waals surface area contributed by atoms with E-state index < -0.39 is 4.92 Å². The average molecular weight is 293 g/mol. The second-order valence-electron chi connectivity index (χ2n) is 3.92. The summed E-state index contributed by atoms with van der Waals surface area (Å²) in [5, 5.41) is 10.7. The third-order valence-electron chi connectivity index (χ3n) is 2.48. The summed E-state index contributed by atoms with van der Waals surface area (Å²) in [6, 6.07) is 6.96. The van der Waals surface area contributed by atoms with Gasteiger partial charge < -0.3 is 4.74 Å². The molecule has 0 N–H and O–H groups in total.